The maximum atomic E-state index is 11.9. The smallest absolute Gasteiger partial charge is 0.255 e. The fourth-order valence-electron chi connectivity index (χ4n) is 1.54. The number of hydrogen-bond donors (Lipinski definition) is 3. The monoisotopic (exact) mass is 261 g/mol. The van der Waals surface area contributed by atoms with Crippen LogP contribution >= 0.6 is 11.6 Å². The van der Waals surface area contributed by atoms with E-state index in [9.17, 15) is 4.79 Å². The number of amides is 1. The van der Waals surface area contributed by atoms with Crippen molar-refractivity contribution in [2.45, 2.75) is 0 Å². The molecule has 2 aromatic rings. The molecule has 2 rings (SSSR count). The fraction of sp³-hybridized carbons (Fsp3) is 0. The highest BCUT2D eigenvalue weighted by molar-refractivity contribution is 6.30. The molecule has 0 saturated heterocycles. The highest BCUT2D eigenvalue weighted by Gasteiger charge is 2.07. The first-order valence-corrected chi connectivity index (χ1v) is 5.65. The van der Waals surface area contributed by atoms with Crippen LogP contribution < -0.4 is 16.8 Å². The molecule has 0 aliphatic rings. The number of carbonyl (C=O) groups is 1. The Hall–Kier alpha value is -2.20. The minimum absolute atomic E-state index is 0.267. The third kappa shape index (κ3) is 2.93. The van der Waals surface area contributed by atoms with Crippen LogP contribution in [-0.4, -0.2) is 5.91 Å². The molecule has 0 bridgehead atoms. The summed E-state index contributed by atoms with van der Waals surface area (Å²) in [6, 6.07) is 11.6. The maximum absolute atomic E-state index is 11.9. The van der Waals surface area contributed by atoms with E-state index in [0.717, 1.165) is 0 Å². The molecule has 2 aromatic carbocycles. The summed E-state index contributed by atoms with van der Waals surface area (Å²) in [5.74, 6) is -0.267. The number of halogens is 1. The van der Waals surface area contributed by atoms with Gasteiger partial charge in [-0.15, -0.1) is 0 Å². The van der Waals surface area contributed by atoms with E-state index in [1.165, 1.54) is 0 Å². The number of anilines is 3. The second kappa shape index (κ2) is 4.98. The van der Waals surface area contributed by atoms with Gasteiger partial charge in [0.25, 0.3) is 5.91 Å². The quantitative estimate of drug-likeness (QED) is 0.727. The summed E-state index contributed by atoms with van der Waals surface area (Å²) >= 11 is 5.76. The lowest BCUT2D eigenvalue weighted by Crippen LogP contribution is -2.12. The second-order valence-electron chi connectivity index (χ2n) is 3.85. The van der Waals surface area contributed by atoms with E-state index in [0.29, 0.717) is 27.6 Å². The Bertz CT molecular complexity index is 561. The van der Waals surface area contributed by atoms with Gasteiger partial charge in [0.2, 0.25) is 0 Å². The van der Waals surface area contributed by atoms with Crippen molar-refractivity contribution >= 4 is 34.6 Å². The van der Waals surface area contributed by atoms with Crippen LogP contribution in [0.5, 0.6) is 0 Å². The van der Waals surface area contributed by atoms with Crippen molar-refractivity contribution in [1.82, 2.24) is 0 Å². The van der Waals surface area contributed by atoms with E-state index < -0.39 is 0 Å². The Morgan fingerprint density at radius 2 is 1.56 bits per heavy atom. The Morgan fingerprint density at radius 3 is 2.11 bits per heavy atom. The summed E-state index contributed by atoms with van der Waals surface area (Å²) < 4.78 is 0. The van der Waals surface area contributed by atoms with E-state index in [1.807, 2.05) is 0 Å². The number of rotatable bonds is 2. The number of benzene rings is 2. The molecular formula is C13H12ClN3O. The molecule has 0 fully saturated rings. The van der Waals surface area contributed by atoms with Crippen LogP contribution in [0.15, 0.2) is 42.5 Å². The van der Waals surface area contributed by atoms with E-state index in [2.05, 4.69) is 5.32 Å². The molecule has 0 spiro atoms. The van der Waals surface area contributed by atoms with Crippen LogP contribution in [0.2, 0.25) is 5.02 Å². The fourth-order valence-corrected chi connectivity index (χ4v) is 1.67. The van der Waals surface area contributed by atoms with Crippen molar-refractivity contribution in [2.24, 2.45) is 0 Å². The van der Waals surface area contributed by atoms with Gasteiger partial charge in [-0.25, -0.2) is 0 Å². The Balaban J connectivity index is 2.19. The molecule has 0 heterocycles. The van der Waals surface area contributed by atoms with Crippen LogP contribution in [0.25, 0.3) is 0 Å². The first-order chi connectivity index (χ1) is 8.54. The maximum Gasteiger partial charge on any atom is 0.255 e. The second-order valence-corrected chi connectivity index (χ2v) is 4.29. The SMILES string of the molecule is Nc1cc(N)cc(C(=O)Nc2ccc(Cl)cc2)c1. The van der Waals surface area contributed by atoms with Crippen molar-refractivity contribution in [2.75, 3.05) is 16.8 Å². The van der Waals surface area contributed by atoms with Gasteiger partial charge < -0.3 is 16.8 Å². The lowest BCUT2D eigenvalue weighted by molar-refractivity contribution is 0.102. The largest absolute Gasteiger partial charge is 0.399 e. The van der Waals surface area contributed by atoms with Crippen LogP contribution in [0.3, 0.4) is 0 Å². The molecule has 0 radical (unpaired) electrons. The molecule has 0 atom stereocenters. The molecule has 4 nitrogen and oxygen atoms in total. The average Bonchev–Trinajstić information content (AvgIpc) is 2.31. The lowest BCUT2D eigenvalue weighted by atomic mass is 10.1. The summed E-state index contributed by atoms with van der Waals surface area (Å²) in [6.07, 6.45) is 0. The van der Waals surface area contributed by atoms with Crippen molar-refractivity contribution in [1.29, 1.82) is 0 Å². The number of carbonyl (C=O) groups excluding carboxylic acids is 1. The zero-order valence-electron chi connectivity index (χ0n) is 9.48. The number of nitrogens with one attached hydrogen (secondary N) is 1. The zero-order valence-corrected chi connectivity index (χ0v) is 10.2. The van der Waals surface area contributed by atoms with Crippen molar-refractivity contribution in [3.8, 4) is 0 Å². The van der Waals surface area contributed by atoms with Gasteiger partial charge in [0.15, 0.2) is 0 Å². The summed E-state index contributed by atoms with van der Waals surface area (Å²) in [7, 11) is 0. The van der Waals surface area contributed by atoms with E-state index in [4.69, 9.17) is 23.1 Å². The van der Waals surface area contributed by atoms with Crippen molar-refractivity contribution in [3.63, 3.8) is 0 Å². The predicted molar refractivity (Wildman–Crippen MR) is 74.7 cm³/mol. The van der Waals surface area contributed by atoms with Crippen LogP contribution in [0.1, 0.15) is 10.4 Å². The normalized spacial score (nSPS) is 10.1. The Labute approximate surface area is 110 Å². The Kier molecular flexibility index (Phi) is 3.39. The minimum atomic E-state index is -0.267. The molecule has 18 heavy (non-hydrogen) atoms. The van der Waals surface area contributed by atoms with Gasteiger partial charge in [0.1, 0.15) is 0 Å². The average molecular weight is 262 g/mol. The van der Waals surface area contributed by atoms with Gasteiger partial charge in [-0.2, -0.15) is 0 Å². The van der Waals surface area contributed by atoms with E-state index >= 15 is 0 Å². The highest BCUT2D eigenvalue weighted by atomic mass is 35.5. The van der Waals surface area contributed by atoms with Gasteiger partial charge in [0.05, 0.1) is 0 Å². The first kappa shape index (κ1) is 12.3. The number of nitrogens with two attached hydrogens (primary N) is 2. The molecule has 5 heteroatoms. The third-order valence-corrected chi connectivity index (χ3v) is 2.59. The van der Waals surface area contributed by atoms with E-state index in [-0.39, 0.29) is 5.91 Å². The number of hydrogen-bond acceptors (Lipinski definition) is 3. The molecule has 92 valence electrons. The first-order valence-electron chi connectivity index (χ1n) is 5.27. The Morgan fingerprint density at radius 1 is 1.00 bits per heavy atom. The molecule has 0 aromatic heterocycles. The highest BCUT2D eigenvalue weighted by Crippen LogP contribution is 2.17. The molecule has 1 amide bonds. The summed E-state index contributed by atoms with van der Waals surface area (Å²) in [4.78, 5) is 11.9. The molecule has 0 unspecified atom stereocenters. The molecule has 0 aliphatic carbocycles. The summed E-state index contributed by atoms with van der Waals surface area (Å²) in [5, 5.41) is 3.34. The molecular weight excluding hydrogens is 250 g/mol. The van der Waals surface area contributed by atoms with Crippen LogP contribution in [0, 0.1) is 0 Å². The van der Waals surface area contributed by atoms with Gasteiger partial charge in [0, 0.05) is 27.6 Å². The van der Waals surface area contributed by atoms with Crippen molar-refractivity contribution in [3.05, 3.63) is 53.1 Å². The minimum Gasteiger partial charge on any atom is -0.399 e. The third-order valence-electron chi connectivity index (χ3n) is 2.34. The van der Waals surface area contributed by atoms with Crippen LogP contribution in [-0.2, 0) is 0 Å². The summed E-state index contributed by atoms with van der Waals surface area (Å²) in [5.41, 5.74) is 13.3. The zero-order chi connectivity index (χ0) is 13.1. The van der Waals surface area contributed by atoms with Crippen LogP contribution in [0.4, 0.5) is 17.1 Å². The summed E-state index contributed by atoms with van der Waals surface area (Å²) in [6.45, 7) is 0. The molecule has 5 N–H and O–H groups in total. The van der Waals surface area contributed by atoms with Crippen molar-refractivity contribution < 1.29 is 4.79 Å². The van der Waals surface area contributed by atoms with Gasteiger partial charge in [-0.3, -0.25) is 4.79 Å². The predicted octanol–water partition coefficient (Wildman–Crippen LogP) is 2.76. The number of nitrogen functional groups attached to an aromatic ring is 2. The van der Waals surface area contributed by atoms with Gasteiger partial charge in [-0.05, 0) is 42.5 Å². The standard InChI is InChI=1S/C13H12ClN3O/c14-9-1-3-12(4-2-9)17-13(18)8-5-10(15)7-11(16)6-8/h1-7H,15-16H2,(H,17,18). The lowest BCUT2D eigenvalue weighted by Gasteiger charge is -2.07. The molecule has 0 aliphatic heterocycles. The topological polar surface area (TPSA) is 81.1 Å². The van der Waals surface area contributed by atoms with Gasteiger partial charge in [-0.1, -0.05) is 11.6 Å². The van der Waals surface area contributed by atoms with E-state index in [1.54, 1.807) is 42.5 Å². The van der Waals surface area contributed by atoms with Gasteiger partial charge >= 0.3 is 0 Å². The molecule has 0 saturated carbocycles.